The molecule has 0 bridgehead atoms. The normalized spacial score (nSPS) is 14.8. The molecule has 24 heavy (non-hydrogen) atoms. The van der Waals surface area contributed by atoms with Gasteiger partial charge in [-0.25, -0.2) is 4.98 Å². The monoisotopic (exact) mass is 342 g/mol. The zero-order valence-electron chi connectivity index (χ0n) is 14.1. The van der Waals surface area contributed by atoms with Crippen molar-refractivity contribution in [2.75, 3.05) is 14.1 Å². The summed E-state index contributed by atoms with van der Waals surface area (Å²) in [6.45, 7) is 2.34. The second-order valence-electron chi connectivity index (χ2n) is 6.93. The fourth-order valence-corrected chi connectivity index (χ4v) is 3.94. The van der Waals surface area contributed by atoms with Gasteiger partial charge in [-0.05, 0) is 45.0 Å². The predicted molar refractivity (Wildman–Crippen MR) is 97.5 cm³/mol. The standard InChI is InChI=1S/C18H22N4OS/c1-20(2)11-16-19-15(12-24-16)10-22-8-6-14-5-7-21(9-13-3-4-13)17(14)18(22)23/h5-8,12-13H,3-4,9-11H2,1-2H3. The molecule has 3 aromatic heterocycles. The Balaban J connectivity index is 1.62. The highest BCUT2D eigenvalue weighted by atomic mass is 32.1. The van der Waals surface area contributed by atoms with Crippen molar-refractivity contribution < 1.29 is 0 Å². The van der Waals surface area contributed by atoms with Gasteiger partial charge in [0.25, 0.3) is 5.56 Å². The highest BCUT2D eigenvalue weighted by molar-refractivity contribution is 7.09. The van der Waals surface area contributed by atoms with E-state index in [9.17, 15) is 4.79 Å². The molecule has 0 unspecified atom stereocenters. The van der Waals surface area contributed by atoms with Gasteiger partial charge in [-0.15, -0.1) is 11.3 Å². The molecule has 0 N–H and O–H groups in total. The van der Waals surface area contributed by atoms with Gasteiger partial charge in [0.2, 0.25) is 0 Å². The van der Waals surface area contributed by atoms with Gasteiger partial charge in [0.15, 0.2) is 0 Å². The van der Waals surface area contributed by atoms with Crippen molar-refractivity contribution in [2.45, 2.75) is 32.5 Å². The van der Waals surface area contributed by atoms with Crippen molar-refractivity contribution in [3.8, 4) is 0 Å². The van der Waals surface area contributed by atoms with Crippen LogP contribution in [0.25, 0.3) is 10.9 Å². The lowest BCUT2D eigenvalue weighted by atomic mass is 10.3. The molecule has 1 fully saturated rings. The Kier molecular flexibility index (Phi) is 4.02. The Bertz CT molecular complexity index is 917. The summed E-state index contributed by atoms with van der Waals surface area (Å²) in [7, 11) is 4.07. The highest BCUT2D eigenvalue weighted by Crippen LogP contribution is 2.31. The number of aromatic nitrogens is 3. The van der Waals surface area contributed by atoms with E-state index in [1.165, 1.54) is 12.8 Å². The Morgan fingerprint density at radius 1 is 1.25 bits per heavy atom. The molecule has 0 radical (unpaired) electrons. The quantitative estimate of drug-likeness (QED) is 0.692. The Labute approximate surface area is 145 Å². The minimum Gasteiger partial charge on any atom is -0.343 e. The molecular formula is C18H22N4OS. The van der Waals surface area contributed by atoms with Crippen LogP contribution in [-0.2, 0) is 19.6 Å². The number of thiazole rings is 1. The molecule has 1 saturated carbocycles. The number of nitrogens with zero attached hydrogens (tertiary/aromatic N) is 4. The van der Waals surface area contributed by atoms with Crippen LogP contribution in [0.3, 0.4) is 0 Å². The third-order valence-electron chi connectivity index (χ3n) is 4.43. The van der Waals surface area contributed by atoms with E-state index in [-0.39, 0.29) is 5.56 Å². The van der Waals surface area contributed by atoms with Gasteiger partial charge in [0.1, 0.15) is 10.5 Å². The molecule has 0 amide bonds. The van der Waals surface area contributed by atoms with E-state index in [1.54, 1.807) is 15.9 Å². The minimum absolute atomic E-state index is 0.0836. The van der Waals surface area contributed by atoms with Gasteiger partial charge in [-0.3, -0.25) is 4.79 Å². The van der Waals surface area contributed by atoms with Gasteiger partial charge in [-0.1, -0.05) is 0 Å². The van der Waals surface area contributed by atoms with Crippen LogP contribution in [0.5, 0.6) is 0 Å². The highest BCUT2D eigenvalue weighted by Gasteiger charge is 2.22. The maximum atomic E-state index is 12.9. The van der Waals surface area contributed by atoms with Gasteiger partial charge in [0, 0.05) is 36.2 Å². The van der Waals surface area contributed by atoms with E-state index in [0.717, 1.165) is 40.6 Å². The summed E-state index contributed by atoms with van der Waals surface area (Å²) < 4.78 is 3.91. The van der Waals surface area contributed by atoms with Crippen molar-refractivity contribution >= 4 is 22.2 Å². The third-order valence-corrected chi connectivity index (χ3v) is 5.31. The van der Waals surface area contributed by atoms with Crippen molar-refractivity contribution in [3.05, 3.63) is 51.0 Å². The van der Waals surface area contributed by atoms with E-state index in [4.69, 9.17) is 0 Å². The lowest BCUT2D eigenvalue weighted by Crippen LogP contribution is -2.22. The van der Waals surface area contributed by atoms with Crippen molar-refractivity contribution in [2.24, 2.45) is 5.92 Å². The fourth-order valence-electron chi connectivity index (χ4n) is 3.04. The summed E-state index contributed by atoms with van der Waals surface area (Å²) >= 11 is 1.65. The first-order valence-electron chi connectivity index (χ1n) is 8.36. The molecule has 4 rings (SSSR count). The second kappa shape index (κ2) is 6.18. The Morgan fingerprint density at radius 3 is 2.71 bits per heavy atom. The third kappa shape index (κ3) is 3.16. The first-order chi connectivity index (χ1) is 11.6. The Hall–Kier alpha value is -1.92. The van der Waals surface area contributed by atoms with E-state index in [1.807, 2.05) is 38.6 Å². The molecule has 0 spiro atoms. The minimum atomic E-state index is 0.0836. The molecule has 0 aliphatic heterocycles. The van der Waals surface area contributed by atoms with Gasteiger partial charge in [0.05, 0.1) is 12.2 Å². The zero-order chi connectivity index (χ0) is 16.7. The van der Waals surface area contributed by atoms with Crippen LogP contribution < -0.4 is 5.56 Å². The first-order valence-corrected chi connectivity index (χ1v) is 9.24. The molecule has 0 saturated heterocycles. The predicted octanol–water partition coefficient (Wildman–Crippen LogP) is 2.78. The van der Waals surface area contributed by atoms with Crippen LogP contribution in [0.4, 0.5) is 0 Å². The maximum absolute atomic E-state index is 12.9. The molecule has 0 aromatic carbocycles. The van der Waals surface area contributed by atoms with Crippen LogP contribution in [-0.4, -0.2) is 33.1 Å². The average Bonchev–Trinajstić information content (AvgIpc) is 3.09. The number of rotatable bonds is 6. The van der Waals surface area contributed by atoms with Crippen molar-refractivity contribution in [1.29, 1.82) is 0 Å². The Morgan fingerprint density at radius 2 is 2.00 bits per heavy atom. The average molecular weight is 342 g/mol. The lowest BCUT2D eigenvalue weighted by molar-refractivity contribution is 0.401. The fraction of sp³-hybridized carbons (Fsp3) is 0.444. The smallest absolute Gasteiger partial charge is 0.275 e. The topological polar surface area (TPSA) is 43.1 Å². The maximum Gasteiger partial charge on any atom is 0.275 e. The zero-order valence-corrected chi connectivity index (χ0v) is 14.9. The van der Waals surface area contributed by atoms with Crippen LogP contribution in [0.1, 0.15) is 23.5 Å². The first kappa shape index (κ1) is 15.6. The number of hydrogen-bond acceptors (Lipinski definition) is 4. The summed E-state index contributed by atoms with van der Waals surface area (Å²) in [6, 6.07) is 4.08. The molecule has 5 nitrogen and oxygen atoms in total. The molecule has 3 aromatic rings. The number of fused-ring (bicyclic) bond motifs is 1. The van der Waals surface area contributed by atoms with Gasteiger partial charge >= 0.3 is 0 Å². The van der Waals surface area contributed by atoms with Crippen LogP contribution in [0, 0.1) is 5.92 Å². The molecule has 126 valence electrons. The van der Waals surface area contributed by atoms with Crippen molar-refractivity contribution in [3.63, 3.8) is 0 Å². The molecule has 0 atom stereocenters. The van der Waals surface area contributed by atoms with Crippen LogP contribution >= 0.6 is 11.3 Å². The summed E-state index contributed by atoms with van der Waals surface area (Å²) in [4.78, 5) is 19.7. The summed E-state index contributed by atoms with van der Waals surface area (Å²) in [5, 5.41) is 4.17. The van der Waals surface area contributed by atoms with Gasteiger partial charge in [-0.2, -0.15) is 0 Å². The summed E-state index contributed by atoms with van der Waals surface area (Å²) in [5.74, 6) is 0.751. The SMILES string of the molecule is CN(C)Cc1nc(Cn2ccc3ccn(CC4CC4)c3c2=O)cs1. The summed E-state index contributed by atoms with van der Waals surface area (Å²) in [6.07, 6.45) is 6.51. The summed E-state index contributed by atoms with van der Waals surface area (Å²) in [5.41, 5.74) is 1.87. The number of hydrogen-bond donors (Lipinski definition) is 0. The van der Waals surface area contributed by atoms with E-state index >= 15 is 0 Å². The lowest BCUT2D eigenvalue weighted by Gasteiger charge is -2.07. The molecule has 6 heteroatoms. The van der Waals surface area contributed by atoms with E-state index in [0.29, 0.717) is 6.54 Å². The van der Waals surface area contributed by atoms with E-state index < -0.39 is 0 Å². The number of pyridine rings is 1. The molecule has 3 heterocycles. The van der Waals surface area contributed by atoms with E-state index in [2.05, 4.69) is 19.8 Å². The van der Waals surface area contributed by atoms with Crippen molar-refractivity contribution in [1.82, 2.24) is 19.0 Å². The molecular weight excluding hydrogens is 320 g/mol. The largest absolute Gasteiger partial charge is 0.343 e. The van der Waals surface area contributed by atoms with Crippen LogP contribution in [0.2, 0.25) is 0 Å². The van der Waals surface area contributed by atoms with Crippen LogP contribution in [0.15, 0.2) is 34.7 Å². The second-order valence-corrected chi connectivity index (χ2v) is 7.88. The molecule has 1 aliphatic carbocycles. The molecule has 1 aliphatic rings. The van der Waals surface area contributed by atoms with Gasteiger partial charge < -0.3 is 14.0 Å².